The van der Waals surface area contributed by atoms with Crippen molar-refractivity contribution in [2.75, 3.05) is 0 Å². The number of hydrogen-bond donors (Lipinski definition) is 1. The lowest BCUT2D eigenvalue weighted by Crippen LogP contribution is -2.43. The van der Waals surface area contributed by atoms with Crippen molar-refractivity contribution in [1.82, 2.24) is 0 Å². The quantitative estimate of drug-likeness (QED) is 0.450. The Kier molecular flexibility index (Phi) is 6.42. The third-order valence-corrected chi connectivity index (χ3v) is 5.50. The topological polar surface area (TPSA) is 89.7 Å². The summed E-state index contributed by atoms with van der Waals surface area (Å²) in [6.07, 6.45) is 1.45. The molecule has 1 aromatic rings. The van der Waals surface area contributed by atoms with Crippen LogP contribution in [-0.2, 0) is 4.57 Å². The summed E-state index contributed by atoms with van der Waals surface area (Å²) < 4.78 is 17.8. The monoisotopic (exact) mass is 340 g/mol. The number of hydrogen-bond acceptors (Lipinski definition) is 4. The summed E-state index contributed by atoms with van der Waals surface area (Å²) in [5.41, 5.74) is 0.704. The number of benzene rings is 1. The molecule has 1 unspecified atom stereocenters. The van der Waals surface area contributed by atoms with Crippen molar-refractivity contribution in [2.45, 2.75) is 40.0 Å². The molecule has 1 aromatic carbocycles. The normalized spacial score (nSPS) is 13.4. The first kappa shape index (κ1) is 19.3. The third-order valence-electron chi connectivity index (χ3n) is 3.78. The van der Waals surface area contributed by atoms with Crippen LogP contribution in [0.1, 0.15) is 40.2 Å². The summed E-state index contributed by atoms with van der Waals surface area (Å²) >= 11 is 0. The average Bonchev–Trinajstić information content (AvgIpc) is 2.45. The van der Waals surface area contributed by atoms with E-state index >= 15 is 0 Å². The number of ether oxygens (including phenoxy) is 1. The van der Waals surface area contributed by atoms with Crippen molar-refractivity contribution in [3.8, 4) is 5.75 Å². The minimum atomic E-state index is -2.55. The Labute approximate surface area is 137 Å². The van der Waals surface area contributed by atoms with Gasteiger partial charge in [0.2, 0.25) is 5.70 Å². The lowest BCUT2D eigenvalue weighted by molar-refractivity contribution is -0.422. The van der Waals surface area contributed by atoms with E-state index in [2.05, 4.69) is 0 Å². The van der Waals surface area contributed by atoms with Gasteiger partial charge in [0.1, 0.15) is 5.75 Å². The molecule has 0 spiro atoms. The van der Waals surface area contributed by atoms with Crippen LogP contribution < -0.4 is 4.74 Å². The SMILES string of the molecule is C/C(=C\c1ccc(OC(C(C)C)(C(C)C)[P+](=O)O)cc1)[N+](=O)[O-]. The predicted octanol–water partition coefficient (Wildman–Crippen LogP) is 4.45. The molecule has 6 nitrogen and oxygen atoms in total. The smallest absolute Gasteiger partial charge is 0.442 e. The second-order valence-corrected chi connectivity index (χ2v) is 7.29. The Hall–Kier alpha value is -1.78. The molecule has 1 atom stereocenters. The van der Waals surface area contributed by atoms with Gasteiger partial charge in [-0.2, -0.15) is 4.89 Å². The van der Waals surface area contributed by atoms with Crippen LogP contribution >= 0.6 is 8.03 Å². The Bertz CT molecular complexity index is 599. The largest absolute Gasteiger partial charge is 0.554 e. The van der Waals surface area contributed by atoms with Gasteiger partial charge in [-0.1, -0.05) is 39.8 Å². The molecule has 0 aliphatic rings. The van der Waals surface area contributed by atoms with Crippen LogP contribution in [0.2, 0.25) is 0 Å². The Morgan fingerprint density at radius 1 is 1.26 bits per heavy atom. The van der Waals surface area contributed by atoms with Crippen molar-refractivity contribution in [3.05, 3.63) is 45.6 Å². The van der Waals surface area contributed by atoms with E-state index in [1.54, 1.807) is 24.3 Å². The molecule has 1 rings (SSSR count). The molecule has 7 heteroatoms. The number of rotatable bonds is 7. The lowest BCUT2D eigenvalue weighted by atomic mass is 9.95. The summed E-state index contributed by atoms with van der Waals surface area (Å²) in [4.78, 5) is 20.0. The molecule has 23 heavy (non-hydrogen) atoms. The van der Waals surface area contributed by atoms with E-state index in [0.717, 1.165) is 0 Å². The highest BCUT2D eigenvalue weighted by Gasteiger charge is 2.57. The fourth-order valence-electron chi connectivity index (χ4n) is 2.50. The van der Waals surface area contributed by atoms with Gasteiger partial charge in [0.25, 0.3) is 0 Å². The number of nitro groups is 1. The third kappa shape index (κ3) is 4.36. The molecule has 0 saturated heterocycles. The molecule has 0 bridgehead atoms. The van der Waals surface area contributed by atoms with Gasteiger partial charge in [0.15, 0.2) is 0 Å². The van der Waals surface area contributed by atoms with Gasteiger partial charge in [0.05, 0.1) is 4.92 Å². The van der Waals surface area contributed by atoms with Gasteiger partial charge in [-0.3, -0.25) is 10.1 Å². The molecule has 0 aromatic heterocycles. The molecule has 0 aliphatic carbocycles. The molecular weight excluding hydrogens is 317 g/mol. The molecule has 126 valence electrons. The highest BCUT2D eigenvalue weighted by atomic mass is 31.1. The fourth-order valence-corrected chi connectivity index (χ4v) is 3.56. The van der Waals surface area contributed by atoms with Crippen molar-refractivity contribution >= 4 is 14.1 Å². The first-order chi connectivity index (χ1) is 10.6. The summed E-state index contributed by atoms with van der Waals surface area (Å²) in [7, 11) is -2.55. The van der Waals surface area contributed by atoms with Crippen molar-refractivity contribution in [3.63, 3.8) is 0 Å². The molecule has 0 radical (unpaired) electrons. The van der Waals surface area contributed by atoms with Crippen LogP contribution in [0, 0.1) is 22.0 Å². The second kappa shape index (κ2) is 7.66. The molecule has 0 aliphatic heterocycles. The van der Waals surface area contributed by atoms with Crippen molar-refractivity contribution in [1.29, 1.82) is 0 Å². The first-order valence-electron chi connectivity index (χ1n) is 7.39. The van der Waals surface area contributed by atoms with E-state index in [1.165, 1.54) is 13.0 Å². The van der Waals surface area contributed by atoms with E-state index in [0.29, 0.717) is 11.3 Å². The average molecular weight is 340 g/mol. The van der Waals surface area contributed by atoms with E-state index in [9.17, 15) is 19.6 Å². The summed E-state index contributed by atoms with van der Waals surface area (Å²) in [6, 6.07) is 6.66. The summed E-state index contributed by atoms with van der Waals surface area (Å²) in [5, 5.41) is 9.46. The maximum Gasteiger partial charge on any atom is 0.554 e. The van der Waals surface area contributed by atoms with Gasteiger partial charge in [-0.05, 0) is 22.3 Å². The highest BCUT2D eigenvalue weighted by Crippen LogP contribution is 2.48. The number of allylic oxidation sites excluding steroid dienone is 1. The maximum atomic E-state index is 11.9. The fraction of sp³-hybridized carbons (Fsp3) is 0.500. The summed E-state index contributed by atoms with van der Waals surface area (Å²) in [5.74, 6) is 0.139. The van der Waals surface area contributed by atoms with Gasteiger partial charge in [-0.15, -0.1) is 0 Å². The maximum absolute atomic E-state index is 11.9. The van der Waals surface area contributed by atoms with E-state index < -0.39 is 18.3 Å². The Morgan fingerprint density at radius 3 is 2.09 bits per heavy atom. The van der Waals surface area contributed by atoms with Gasteiger partial charge in [-0.25, -0.2) is 0 Å². The molecule has 0 saturated carbocycles. The van der Waals surface area contributed by atoms with Crippen LogP contribution in [0.15, 0.2) is 30.0 Å². The zero-order valence-electron chi connectivity index (χ0n) is 14.0. The number of nitrogens with zero attached hydrogens (tertiary/aromatic N) is 1. The molecule has 0 fully saturated rings. The highest BCUT2D eigenvalue weighted by molar-refractivity contribution is 7.39. The predicted molar refractivity (Wildman–Crippen MR) is 89.9 cm³/mol. The zero-order valence-corrected chi connectivity index (χ0v) is 14.9. The Balaban J connectivity index is 3.11. The van der Waals surface area contributed by atoms with Crippen LogP contribution in [0.5, 0.6) is 5.75 Å². The van der Waals surface area contributed by atoms with E-state index in [1.807, 2.05) is 27.7 Å². The molecule has 0 amide bonds. The molecular formula is C16H23NO5P+. The Morgan fingerprint density at radius 2 is 1.74 bits per heavy atom. The standard InChI is InChI=1S/C16H22NO5P/c1-11(2)16(12(3)4,23(20)21)22-15-8-6-14(7-9-15)10-13(5)17(18)19/h6-12H,1-5H3/p+1/b13-10+. The van der Waals surface area contributed by atoms with E-state index in [4.69, 9.17) is 4.74 Å². The van der Waals surface area contributed by atoms with Gasteiger partial charge >= 0.3 is 13.4 Å². The van der Waals surface area contributed by atoms with Crippen LogP contribution in [0.3, 0.4) is 0 Å². The van der Waals surface area contributed by atoms with E-state index in [-0.39, 0.29) is 17.5 Å². The minimum Gasteiger partial charge on any atom is -0.442 e. The molecule has 0 heterocycles. The van der Waals surface area contributed by atoms with Crippen LogP contribution in [-0.4, -0.2) is 15.2 Å². The first-order valence-corrected chi connectivity index (χ1v) is 8.60. The summed E-state index contributed by atoms with van der Waals surface area (Å²) in [6.45, 7) is 8.81. The van der Waals surface area contributed by atoms with Crippen LogP contribution in [0.4, 0.5) is 0 Å². The zero-order chi connectivity index (χ0) is 17.8. The molecule has 1 N–H and O–H groups in total. The van der Waals surface area contributed by atoms with Crippen LogP contribution in [0.25, 0.3) is 6.08 Å². The van der Waals surface area contributed by atoms with Gasteiger partial charge < -0.3 is 4.74 Å². The minimum absolute atomic E-state index is 0.0378. The second-order valence-electron chi connectivity index (χ2n) is 6.05. The lowest BCUT2D eigenvalue weighted by Gasteiger charge is -2.30. The van der Waals surface area contributed by atoms with Gasteiger partial charge in [0, 0.05) is 24.8 Å². The van der Waals surface area contributed by atoms with Crippen molar-refractivity contribution in [2.24, 2.45) is 11.8 Å². The van der Waals surface area contributed by atoms with Crippen molar-refractivity contribution < 1.29 is 19.1 Å².